The van der Waals surface area contributed by atoms with Crippen molar-refractivity contribution in [1.82, 2.24) is 15.5 Å². The van der Waals surface area contributed by atoms with Crippen molar-refractivity contribution in [2.24, 2.45) is 0 Å². The lowest BCUT2D eigenvalue weighted by molar-refractivity contribution is 0.0945. The monoisotopic (exact) mass is 388 g/mol. The normalized spacial score (nSPS) is 18.2. The fourth-order valence-corrected chi connectivity index (χ4v) is 5.03. The van der Waals surface area contributed by atoms with Gasteiger partial charge in [-0.3, -0.25) is 4.79 Å². The quantitative estimate of drug-likeness (QED) is 0.810. The lowest BCUT2D eigenvalue weighted by atomic mass is 10.1. The van der Waals surface area contributed by atoms with Crippen LogP contribution in [0.3, 0.4) is 0 Å². The Labute approximate surface area is 159 Å². The molecule has 2 aromatic rings. The van der Waals surface area contributed by atoms with E-state index in [0.29, 0.717) is 25.3 Å². The Hall–Kier alpha value is -2.48. The standard InChI is InChI=1S/C19H24N4O3S/c1-3-23(16-10-11-27(25,26)13-16)18-9-8-17(21-22-18)19(24)20-12-15-7-5-4-6-14(15)2/h4-9,16H,3,10-13H2,1-2H3,(H,20,24). The van der Waals surface area contributed by atoms with Gasteiger partial charge in [-0.15, -0.1) is 10.2 Å². The molecule has 1 fully saturated rings. The highest BCUT2D eigenvalue weighted by molar-refractivity contribution is 7.91. The van der Waals surface area contributed by atoms with E-state index in [-0.39, 0.29) is 29.1 Å². The van der Waals surface area contributed by atoms with Crippen molar-refractivity contribution in [3.8, 4) is 0 Å². The largest absolute Gasteiger partial charge is 0.351 e. The molecular weight excluding hydrogens is 364 g/mol. The van der Waals surface area contributed by atoms with Crippen LogP contribution in [0.15, 0.2) is 36.4 Å². The molecule has 1 aromatic carbocycles. The Morgan fingerprint density at radius 1 is 1.22 bits per heavy atom. The highest BCUT2D eigenvalue weighted by Gasteiger charge is 2.32. The molecule has 1 N–H and O–H groups in total. The SMILES string of the molecule is CCN(c1ccc(C(=O)NCc2ccccc2C)nn1)C1CCS(=O)(=O)C1. The summed E-state index contributed by atoms with van der Waals surface area (Å²) in [6.45, 7) is 5.01. The topological polar surface area (TPSA) is 92.3 Å². The van der Waals surface area contributed by atoms with Gasteiger partial charge in [0.2, 0.25) is 0 Å². The molecule has 7 nitrogen and oxygen atoms in total. The number of anilines is 1. The van der Waals surface area contributed by atoms with Crippen molar-refractivity contribution in [3.05, 3.63) is 53.2 Å². The molecule has 0 bridgehead atoms. The van der Waals surface area contributed by atoms with Crippen LogP contribution in [0.5, 0.6) is 0 Å². The maximum absolute atomic E-state index is 12.3. The van der Waals surface area contributed by atoms with Crippen molar-refractivity contribution in [3.63, 3.8) is 0 Å². The van der Waals surface area contributed by atoms with Gasteiger partial charge in [0.05, 0.1) is 11.5 Å². The smallest absolute Gasteiger partial charge is 0.272 e. The number of amides is 1. The number of aromatic nitrogens is 2. The van der Waals surface area contributed by atoms with Crippen LogP contribution in [-0.4, -0.2) is 48.6 Å². The Morgan fingerprint density at radius 2 is 2.00 bits per heavy atom. The van der Waals surface area contributed by atoms with Crippen molar-refractivity contribution in [2.45, 2.75) is 32.9 Å². The Morgan fingerprint density at radius 3 is 2.59 bits per heavy atom. The number of carbonyl (C=O) groups is 1. The van der Waals surface area contributed by atoms with Crippen molar-refractivity contribution >= 4 is 21.6 Å². The number of hydrogen-bond donors (Lipinski definition) is 1. The summed E-state index contributed by atoms with van der Waals surface area (Å²) in [4.78, 5) is 14.3. The first-order valence-corrected chi connectivity index (χ1v) is 10.9. The molecule has 1 atom stereocenters. The third-order valence-corrected chi connectivity index (χ3v) is 6.62. The first-order valence-electron chi connectivity index (χ1n) is 9.03. The zero-order valence-corrected chi connectivity index (χ0v) is 16.4. The van der Waals surface area contributed by atoms with E-state index in [1.807, 2.05) is 43.0 Å². The second-order valence-electron chi connectivity index (χ2n) is 6.73. The number of benzene rings is 1. The van der Waals surface area contributed by atoms with Gasteiger partial charge in [0.15, 0.2) is 21.3 Å². The van der Waals surface area contributed by atoms with E-state index in [1.165, 1.54) is 0 Å². The number of carbonyl (C=O) groups excluding carboxylic acids is 1. The number of hydrogen-bond acceptors (Lipinski definition) is 6. The first-order chi connectivity index (χ1) is 12.9. The van der Waals surface area contributed by atoms with Gasteiger partial charge in [-0.1, -0.05) is 24.3 Å². The number of aryl methyl sites for hydroxylation is 1. The summed E-state index contributed by atoms with van der Waals surface area (Å²) in [5, 5.41) is 11.0. The van der Waals surface area contributed by atoms with Gasteiger partial charge in [0, 0.05) is 19.1 Å². The van der Waals surface area contributed by atoms with Crippen LogP contribution in [0, 0.1) is 6.92 Å². The number of nitrogens with one attached hydrogen (secondary N) is 1. The highest BCUT2D eigenvalue weighted by atomic mass is 32.2. The first kappa shape index (κ1) is 19.3. The molecule has 0 spiro atoms. The minimum absolute atomic E-state index is 0.0879. The molecule has 1 unspecified atom stereocenters. The van der Waals surface area contributed by atoms with Crippen molar-refractivity contribution in [2.75, 3.05) is 23.0 Å². The third-order valence-electron chi connectivity index (χ3n) is 4.87. The van der Waals surface area contributed by atoms with Gasteiger partial charge in [-0.25, -0.2) is 8.42 Å². The second-order valence-corrected chi connectivity index (χ2v) is 8.96. The predicted molar refractivity (Wildman–Crippen MR) is 104 cm³/mol. The molecule has 144 valence electrons. The third kappa shape index (κ3) is 4.63. The average molecular weight is 388 g/mol. The molecule has 1 aromatic heterocycles. The molecule has 1 amide bonds. The van der Waals surface area contributed by atoms with E-state index in [2.05, 4.69) is 15.5 Å². The maximum atomic E-state index is 12.3. The van der Waals surface area contributed by atoms with Gasteiger partial charge in [-0.2, -0.15) is 0 Å². The molecular formula is C19H24N4O3S. The van der Waals surface area contributed by atoms with Crippen LogP contribution in [0.4, 0.5) is 5.82 Å². The summed E-state index contributed by atoms with van der Waals surface area (Å²) in [5.41, 5.74) is 2.40. The number of nitrogens with zero attached hydrogens (tertiary/aromatic N) is 3. The second kappa shape index (κ2) is 8.04. The molecule has 3 rings (SSSR count). The minimum atomic E-state index is -2.97. The Kier molecular flexibility index (Phi) is 5.74. The summed E-state index contributed by atoms with van der Waals surface area (Å²) in [5.74, 6) is 0.654. The van der Waals surface area contributed by atoms with Gasteiger partial charge < -0.3 is 10.2 Å². The molecule has 27 heavy (non-hydrogen) atoms. The van der Waals surface area contributed by atoms with E-state index in [4.69, 9.17) is 0 Å². The summed E-state index contributed by atoms with van der Waals surface area (Å²) < 4.78 is 23.5. The number of sulfone groups is 1. The summed E-state index contributed by atoms with van der Waals surface area (Å²) in [6, 6.07) is 11.1. The van der Waals surface area contributed by atoms with E-state index in [9.17, 15) is 13.2 Å². The summed E-state index contributed by atoms with van der Waals surface area (Å²) in [7, 11) is -2.97. The lowest BCUT2D eigenvalue weighted by Crippen LogP contribution is -2.37. The molecule has 8 heteroatoms. The minimum Gasteiger partial charge on any atom is -0.351 e. The summed E-state index contributed by atoms with van der Waals surface area (Å²) in [6.07, 6.45) is 0.594. The fourth-order valence-electron chi connectivity index (χ4n) is 3.30. The fraction of sp³-hybridized carbons (Fsp3) is 0.421. The van der Waals surface area contributed by atoms with E-state index < -0.39 is 9.84 Å². The van der Waals surface area contributed by atoms with E-state index in [0.717, 1.165) is 11.1 Å². The van der Waals surface area contributed by atoms with Crippen LogP contribution < -0.4 is 10.2 Å². The maximum Gasteiger partial charge on any atom is 0.272 e. The van der Waals surface area contributed by atoms with Crippen LogP contribution in [0.2, 0.25) is 0 Å². The molecule has 2 heterocycles. The number of rotatable bonds is 6. The average Bonchev–Trinajstić information content (AvgIpc) is 3.01. The molecule has 1 aliphatic rings. The summed E-state index contributed by atoms with van der Waals surface area (Å²) >= 11 is 0. The molecule has 0 aliphatic carbocycles. The molecule has 1 aliphatic heterocycles. The molecule has 0 radical (unpaired) electrons. The van der Waals surface area contributed by atoms with Gasteiger partial charge in [0.1, 0.15) is 0 Å². The highest BCUT2D eigenvalue weighted by Crippen LogP contribution is 2.22. The van der Waals surface area contributed by atoms with Crippen LogP contribution >= 0.6 is 0 Å². The zero-order chi connectivity index (χ0) is 19.4. The van der Waals surface area contributed by atoms with Crippen molar-refractivity contribution < 1.29 is 13.2 Å². The van der Waals surface area contributed by atoms with E-state index in [1.54, 1.807) is 12.1 Å². The molecule has 0 saturated carbocycles. The van der Waals surface area contributed by atoms with Gasteiger partial charge >= 0.3 is 0 Å². The van der Waals surface area contributed by atoms with Crippen molar-refractivity contribution in [1.29, 1.82) is 0 Å². The zero-order valence-electron chi connectivity index (χ0n) is 15.6. The Balaban J connectivity index is 1.65. The van der Waals surface area contributed by atoms with Crippen LogP contribution in [0.25, 0.3) is 0 Å². The lowest BCUT2D eigenvalue weighted by Gasteiger charge is -2.27. The van der Waals surface area contributed by atoms with Gasteiger partial charge in [-0.05, 0) is 43.5 Å². The van der Waals surface area contributed by atoms with Gasteiger partial charge in [0.25, 0.3) is 5.91 Å². The predicted octanol–water partition coefficient (Wildman–Crippen LogP) is 1.73. The van der Waals surface area contributed by atoms with Crippen LogP contribution in [0.1, 0.15) is 35.0 Å². The molecule has 1 saturated heterocycles. The Bertz CT molecular complexity index is 913. The van der Waals surface area contributed by atoms with E-state index >= 15 is 0 Å². The van der Waals surface area contributed by atoms with Crippen LogP contribution in [-0.2, 0) is 16.4 Å².